The second kappa shape index (κ2) is 10.0. The monoisotopic (exact) mass is 485 g/mol. The number of fused-ring (bicyclic) bond motifs is 1. The summed E-state index contributed by atoms with van der Waals surface area (Å²) in [6, 6.07) is 8.93. The van der Waals surface area contributed by atoms with Crippen molar-refractivity contribution >= 4 is 45.5 Å². The average Bonchev–Trinajstić information content (AvgIpc) is 2.82. The first-order valence-corrected chi connectivity index (χ1v) is 11.8. The Morgan fingerprint density at radius 2 is 2.00 bits per heavy atom. The lowest BCUT2D eigenvalue weighted by molar-refractivity contribution is 0.100. The van der Waals surface area contributed by atoms with E-state index in [2.05, 4.69) is 33.9 Å². The fourth-order valence-electron chi connectivity index (χ4n) is 4.26. The summed E-state index contributed by atoms with van der Waals surface area (Å²) in [5.74, 6) is -0.562. The minimum absolute atomic E-state index is 0.0219. The number of aromatic nitrogens is 1. The fourth-order valence-corrected chi connectivity index (χ4v) is 4.44. The van der Waals surface area contributed by atoms with Gasteiger partial charge >= 0.3 is 0 Å². The summed E-state index contributed by atoms with van der Waals surface area (Å²) < 4.78 is 20.7. The van der Waals surface area contributed by atoms with Crippen molar-refractivity contribution in [2.45, 2.75) is 26.8 Å². The van der Waals surface area contributed by atoms with Crippen LogP contribution in [0.15, 0.2) is 36.5 Å². The van der Waals surface area contributed by atoms with Crippen LogP contribution in [0.1, 0.15) is 31.1 Å². The van der Waals surface area contributed by atoms with Gasteiger partial charge in [-0.25, -0.2) is 4.39 Å². The third-order valence-electron chi connectivity index (χ3n) is 6.11. The molecule has 1 fully saturated rings. The molecule has 2 heterocycles. The molecule has 7 nitrogen and oxygen atoms in total. The maximum absolute atomic E-state index is 14.7. The molecule has 1 aromatic heterocycles. The molecular formula is C25H29ClFN5O2. The summed E-state index contributed by atoms with van der Waals surface area (Å²) in [6.07, 6.45) is 1.40. The number of benzene rings is 2. The number of primary amides is 1. The van der Waals surface area contributed by atoms with Gasteiger partial charge in [0.25, 0.3) is 5.91 Å². The van der Waals surface area contributed by atoms with E-state index >= 15 is 0 Å². The molecule has 1 aliphatic rings. The third-order valence-corrected chi connectivity index (χ3v) is 6.40. The van der Waals surface area contributed by atoms with Gasteiger partial charge in [0.05, 0.1) is 39.8 Å². The second-order valence-corrected chi connectivity index (χ2v) is 8.93. The first-order chi connectivity index (χ1) is 16.3. The number of hydrogen-bond donors (Lipinski definition) is 2. The highest BCUT2D eigenvalue weighted by Gasteiger charge is 2.24. The molecule has 3 aromatic rings. The first kappa shape index (κ1) is 24.0. The Hall–Kier alpha value is -3.10. The summed E-state index contributed by atoms with van der Waals surface area (Å²) in [5, 5.41) is 3.66. The smallest absolute Gasteiger partial charge is 0.252 e. The van der Waals surface area contributed by atoms with E-state index in [-0.39, 0.29) is 16.3 Å². The third kappa shape index (κ3) is 4.74. The van der Waals surface area contributed by atoms with Gasteiger partial charge < -0.3 is 20.7 Å². The van der Waals surface area contributed by atoms with Gasteiger partial charge in [-0.05, 0) is 39.0 Å². The lowest BCUT2D eigenvalue weighted by Gasteiger charge is -2.38. The number of rotatable bonds is 7. The number of hydrogen-bond acceptors (Lipinski definition) is 6. The molecule has 0 radical (unpaired) electrons. The van der Waals surface area contributed by atoms with E-state index in [4.69, 9.17) is 22.1 Å². The molecule has 1 saturated heterocycles. The Bertz CT molecular complexity index is 1210. The zero-order valence-corrected chi connectivity index (χ0v) is 20.3. The summed E-state index contributed by atoms with van der Waals surface area (Å²) in [7, 11) is 0. The van der Waals surface area contributed by atoms with E-state index in [0.29, 0.717) is 35.0 Å². The lowest BCUT2D eigenvalue weighted by Crippen LogP contribution is -2.49. The van der Waals surface area contributed by atoms with Gasteiger partial charge in [-0.3, -0.25) is 14.7 Å². The number of amides is 1. The number of anilines is 3. The average molecular weight is 486 g/mol. The minimum Gasteiger partial charge on any atom is -0.492 e. The SMILES string of the molecule is CCOc1cc2ncc(C(N)=O)c(Nc3cccc(Cl)c3F)c2cc1N1CCN(C(C)C)CC1. The molecular weight excluding hydrogens is 457 g/mol. The van der Waals surface area contributed by atoms with Gasteiger partial charge in [0.2, 0.25) is 0 Å². The topological polar surface area (TPSA) is 83.7 Å². The standard InChI is InChI=1S/C25H29ClFN5O2/c1-4-34-22-13-20-16(12-21(22)32-10-8-31(9-11-32)15(2)3)24(17(14-29-20)25(28)33)30-19-7-5-6-18(26)23(19)27/h5-7,12-15H,4,8-11H2,1-3H3,(H2,28,33)(H,29,30). The van der Waals surface area contributed by atoms with Crippen LogP contribution in [0.2, 0.25) is 5.02 Å². The van der Waals surface area contributed by atoms with Gasteiger partial charge in [-0.1, -0.05) is 17.7 Å². The van der Waals surface area contributed by atoms with Crippen LogP contribution in [0, 0.1) is 5.82 Å². The number of ether oxygens (including phenoxy) is 1. The van der Waals surface area contributed by atoms with Crippen LogP contribution < -0.4 is 20.7 Å². The Labute approximate surface area is 203 Å². The molecule has 4 rings (SSSR count). The number of nitrogens with two attached hydrogens (primary N) is 1. The number of nitrogens with zero attached hydrogens (tertiary/aromatic N) is 3. The van der Waals surface area contributed by atoms with E-state index in [1.54, 1.807) is 12.1 Å². The van der Waals surface area contributed by atoms with Gasteiger partial charge in [-0.2, -0.15) is 0 Å². The van der Waals surface area contributed by atoms with Crippen LogP contribution in [-0.4, -0.2) is 54.6 Å². The highest BCUT2D eigenvalue weighted by atomic mass is 35.5. The molecule has 0 bridgehead atoms. The highest BCUT2D eigenvalue weighted by Crippen LogP contribution is 2.39. The van der Waals surface area contributed by atoms with E-state index < -0.39 is 11.7 Å². The van der Waals surface area contributed by atoms with Crippen molar-refractivity contribution in [3.63, 3.8) is 0 Å². The Kier molecular flexibility index (Phi) is 7.09. The van der Waals surface area contributed by atoms with Crippen LogP contribution in [0.5, 0.6) is 5.75 Å². The second-order valence-electron chi connectivity index (χ2n) is 8.52. The van der Waals surface area contributed by atoms with Crippen molar-refractivity contribution in [3.8, 4) is 5.75 Å². The maximum Gasteiger partial charge on any atom is 0.252 e. The Morgan fingerprint density at radius 3 is 2.65 bits per heavy atom. The zero-order valence-electron chi connectivity index (χ0n) is 19.6. The van der Waals surface area contributed by atoms with Crippen LogP contribution in [0.25, 0.3) is 10.9 Å². The van der Waals surface area contributed by atoms with Gasteiger partial charge in [0.15, 0.2) is 5.82 Å². The zero-order chi connectivity index (χ0) is 24.4. The first-order valence-electron chi connectivity index (χ1n) is 11.4. The number of pyridine rings is 1. The van der Waals surface area contributed by atoms with Crippen molar-refractivity contribution in [2.24, 2.45) is 5.73 Å². The fraction of sp³-hybridized carbons (Fsp3) is 0.360. The molecule has 34 heavy (non-hydrogen) atoms. The quantitative estimate of drug-likeness (QED) is 0.500. The van der Waals surface area contributed by atoms with Crippen molar-refractivity contribution in [1.82, 2.24) is 9.88 Å². The highest BCUT2D eigenvalue weighted by molar-refractivity contribution is 6.31. The van der Waals surface area contributed by atoms with E-state index in [1.807, 2.05) is 19.1 Å². The predicted octanol–water partition coefficient (Wildman–Crippen LogP) is 4.80. The van der Waals surface area contributed by atoms with Crippen LogP contribution in [0.3, 0.4) is 0 Å². The van der Waals surface area contributed by atoms with E-state index in [0.717, 1.165) is 31.9 Å². The van der Waals surface area contributed by atoms with Gasteiger partial charge in [0.1, 0.15) is 5.75 Å². The molecule has 0 unspecified atom stereocenters. The van der Waals surface area contributed by atoms with Crippen molar-refractivity contribution in [2.75, 3.05) is 43.0 Å². The largest absolute Gasteiger partial charge is 0.492 e. The molecule has 2 aromatic carbocycles. The molecule has 0 atom stereocenters. The lowest BCUT2D eigenvalue weighted by atomic mass is 10.1. The number of halogens is 2. The Morgan fingerprint density at radius 1 is 1.26 bits per heavy atom. The molecule has 0 saturated carbocycles. The number of carbonyl (C=O) groups is 1. The van der Waals surface area contributed by atoms with E-state index in [1.165, 1.54) is 12.3 Å². The minimum atomic E-state index is -0.666. The molecule has 1 aliphatic heterocycles. The molecule has 0 spiro atoms. The van der Waals surface area contributed by atoms with Crippen molar-refractivity contribution in [1.29, 1.82) is 0 Å². The summed E-state index contributed by atoms with van der Waals surface area (Å²) in [4.78, 5) is 21.4. The number of nitrogens with one attached hydrogen (secondary N) is 1. The molecule has 0 aliphatic carbocycles. The summed E-state index contributed by atoms with van der Waals surface area (Å²) >= 11 is 5.97. The number of piperazine rings is 1. The van der Waals surface area contributed by atoms with Gasteiger partial charge in [0, 0.05) is 49.9 Å². The normalized spacial score (nSPS) is 14.6. The molecule has 180 valence electrons. The molecule has 9 heteroatoms. The van der Waals surface area contributed by atoms with E-state index in [9.17, 15) is 9.18 Å². The summed E-state index contributed by atoms with van der Waals surface area (Å²) in [6.45, 7) is 10.4. The van der Waals surface area contributed by atoms with Crippen molar-refractivity contribution in [3.05, 3.63) is 52.9 Å². The summed E-state index contributed by atoms with van der Waals surface area (Å²) in [5.41, 5.74) is 7.83. The molecule has 1 amide bonds. The van der Waals surface area contributed by atoms with Crippen LogP contribution in [0.4, 0.5) is 21.5 Å². The van der Waals surface area contributed by atoms with Crippen LogP contribution >= 0.6 is 11.6 Å². The van der Waals surface area contributed by atoms with Crippen LogP contribution in [-0.2, 0) is 0 Å². The Balaban J connectivity index is 1.84. The molecule has 3 N–H and O–H groups in total. The predicted molar refractivity (Wildman–Crippen MR) is 135 cm³/mol. The maximum atomic E-state index is 14.7. The van der Waals surface area contributed by atoms with Gasteiger partial charge in [-0.15, -0.1) is 0 Å². The number of carbonyl (C=O) groups excluding carboxylic acids is 1. The van der Waals surface area contributed by atoms with Crippen molar-refractivity contribution < 1.29 is 13.9 Å².